The number of aromatic nitrogens is 2. The summed E-state index contributed by atoms with van der Waals surface area (Å²) in [5.74, 6) is 0.954. The van der Waals surface area contributed by atoms with Gasteiger partial charge in [0.25, 0.3) is 5.91 Å². The summed E-state index contributed by atoms with van der Waals surface area (Å²) in [6.07, 6.45) is 0. The van der Waals surface area contributed by atoms with Crippen LogP contribution in [0, 0.1) is 6.92 Å². The number of imidazole rings is 1. The van der Waals surface area contributed by atoms with Crippen LogP contribution in [0.3, 0.4) is 0 Å². The zero-order chi connectivity index (χ0) is 18.6. The molecule has 3 aromatic carbocycles. The van der Waals surface area contributed by atoms with Gasteiger partial charge in [0.15, 0.2) is 0 Å². The van der Waals surface area contributed by atoms with Crippen molar-refractivity contribution in [3.63, 3.8) is 0 Å². The normalized spacial score (nSPS) is 10.9. The number of hydrogen-bond donors (Lipinski definition) is 1. The van der Waals surface area contributed by atoms with E-state index in [0.29, 0.717) is 12.1 Å². The Kier molecular flexibility index (Phi) is 4.71. The highest BCUT2D eigenvalue weighted by Crippen LogP contribution is 2.17. The summed E-state index contributed by atoms with van der Waals surface area (Å²) in [6.45, 7) is 3.33. The number of hydrogen-bond acceptors (Lipinski definition) is 2. The molecule has 1 N–H and O–H groups in total. The molecule has 4 heteroatoms. The van der Waals surface area contributed by atoms with Gasteiger partial charge in [0.1, 0.15) is 5.82 Å². The maximum atomic E-state index is 12.1. The standard InChI is InChI=1S/C23H21N3O/c1-17-25-21-9-5-6-10-22(21)26(17)16-19-13-11-18(12-14-19)15-24-23(27)20-7-3-2-4-8-20/h2-14H,15-16H2,1H3,(H,24,27). The van der Waals surface area contributed by atoms with Crippen LogP contribution in [0.1, 0.15) is 27.3 Å². The Morgan fingerprint density at radius 1 is 0.889 bits per heavy atom. The lowest BCUT2D eigenvalue weighted by atomic mass is 10.1. The summed E-state index contributed by atoms with van der Waals surface area (Å²) in [7, 11) is 0. The number of nitrogens with one attached hydrogen (secondary N) is 1. The molecule has 0 aliphatic carbocycles. The van der Waals surface area contributed by atoms with Crippen molar-refractivity contribution in [1.82, 2.24) is 14.9 Å². The largest absolute Gasteiger partial charge is 0.348 e. The van der Waals surface area contributed by atoms with Crippen LogP contribution in [-0.4, -0.2) is 15.5 Å². The average molecular weight is 355 g/mol. The third-order valence-corrected chi connectivity index (χ3v) is 4.70. The van der Waals surface area contributed by atoms with Gasteiger partial charge in [-0.25, -0.2) is 4.98 Å². The Labute approximate surface area is 158 Å². The highest BCUT2D eigenvalue weighted by molar-refractivity contribution is 5.94. The SMILES string of the molecule is Cc1nc2ccccc2n1Cc1ccc(CNC(=O)c2ccccc2)cc1. The zero-order valence-corrected chi connectivity index (χ0v) is 15.2. The number of fused-ring (bicyclic) bond motifs is 1. The highest BCUT2D eigenvalue weighted by Gasteiger charge is 2.08. The first-order valence-corrected chi connectivity index (χ1v) is 9.03. The lowest BCUT2D eigenvalue weighted by Gasteiger charge is -2.09. The third-order valence-electron chi connectivity index (χ3n) is 4.70. The minimum Gasteiger partial charge on any atom is -0.348 e. The number of para-hydroxylation sites is 2. The van der Waals surface area contributed by atoms with E-state index in [1.54, 1.807) is 0 Å². The number of aryl methyl sites for hydroxylation is 1. The average Bonchev–Trinajstić information content (AvgIpc) is 3.03. The summed E-state index contributed by atoms with van der Waals surface area (Å²) in [4.78, 5) is 16.8. The molecule has 0 unspecified atom stereocenters. The first-order chi connectivity index (χ1) is 13.2. The van der Waals surface area contributed by atoms with Crippen LogP contribution in [0.4, 0.5) is 0 Å². The Balaban J connectivity index is 1.43. The molecule has 0 saturated heterocycles. The van der Waals surface area contributed by atoms with Crippen LogP contribution in [0.5, 0.6) is 0 Å². The van der Waals surface area contributed by atoms with Crippen LogP contribution in [0.15, 0.2) is 78.9 Å². The number of nitrogens with zero attached hydrogens (tertiary/aromatic N) is 2. The number of benzene rings is 3. The second-order valence-corrected chi connectivity index (χ2v) is 6.60. The van der Waals surface area contributed by atoms with E-state index in [1.165, 1.54) is 5.56 Å². The van der Waals surface area contributed by atoms with Gasteiger partial charge in [-0.15, -0.1) is 0 Å². The number of carbonyl (C=O) groups is 1. The van der Waals surface area contributed by atoms with Crippen LogP contribution < -0.4 is 5.32 Å². The van der Waals surface area contributed by atoms with Crippen molar-refractivity contribution in [2.24, 2.45) is 0 Å². The number of carbonyl (C=O) groups excluding carboxylic acids is 1. The fourth-order valence-corrected chi connectivity index (χ4v) is 3.21. The lowest BCUT2D eigenvalue weighted by molar-refractivity contribution is 0.0951. The molecule has 1 aromatic heterocycles. The summed E-state index contributed by atoms with van der Waals surface area (Å²) >= 11 is 0. The molecule has 4 aromatic rings. The van der Waals surface area contributed by atoms with Gasteiger partial charge in [-0.05, 0) is 42.3 Å². The second kappa shape index (κ2) is 7.46. The maximum Gasteiger partial charge on any atom is 0.251 e. The number of amides is 1. The maximum absolute atomic E-state index is 12.1. The molecular weight excluding hydrogens is 334 g/mol. The van der Waals surface area contributed by atoms with Crippen molar-refractivity contribution in [2.45, 2.75) is 20.0 Å². The molecule has 0 fully saturated rings. The molecular formula is C23H21N3O. The van der Waals surface area contributed by atoms with E-state index >= 15 is 0 Å². The van der Waals surface area contributed by atoms with Crippen molar-refractivity contribution in [3.8, 4) is 0 Å². The Morgan fingerprint density at radius 2 is 1.56 bits per heavy atom. The molecule has 0 aliphatic heterocycles. The molecule has 134 valence electrons. The monoisotopic (exact) mass is 355 g/mol. The highest BCUT2D eigenvalue weighted by atomic mass is 16.1. The van der Waals surface area contributed by atoms with Gasteiger partial charge in [0.05, 0.1) is 11.0 Å². The predicted molar refractivity (Wildman–Crippen MR) is 108 cm³/mol. The first kappa shape index (κ1) is 17.0. The number of rotatable bonds is 5. The topological polar surface area (TPSA) is 46.9 Å². The van der Waals surface area contributed by atoms with E-state index in [-0.39, 0.29) is 5.91 Å². The molecule has 0 saturated carbocycles. The van der Waals surface area contributed by atoms with Gasteiger partial charge in [-0.2, -0.15) is 0 Å². The first-order valence-electron chi connectivity index (χ1n) is 9.03. The van der Waals surface area contributed by atoms with Gasteiger partial charge in [-0.1, -0.05) is 54.6 Å². The molecule has 1 heterocycles. The Morgan fingerprint density at radius 3 is 2.33 bits per heavy atom. The van der Waals surface area contributed by atoms with Crippen molar-refractivity contribution in [1.29, 1.82) is 0 Å². The molecule has 0 atom stereocenters. The van der Waals surface area contributed by atoms with E-state index in [1.807, 2.05) is 55.5 Å². The smallest absolute Gasteiger partial charge is 0.251 e. The van der Waals surface area contributed by atoms with Crippen LogP contribution >= 0.6 is 0 Å². The van der Waals surface area contributed by atoms with Crippen molar-refractivity contribution in [2.75, 3.05) is 0 Å². The molecule has 27 heavy (non-hydrogen) atoms. The fourth-order valence-electron chi connectivity index (χ4n) is 3.21. The van der Waals surface area contributed by atoms with Gasteiger partial charge >= 0.3 is 0 Å². The molecule has 0 spiro atoms. The minimum absolute atomic E-state index is 0.0554. The summed E-state index contributed by atoms with van der Waals surface area (Å²) in [5.41, 5.74) is 5.13. The predicted octanol–water partition coefficient (Wildman–Crippen LogP) is 4.32. The third kappa shape index (κ3) is 3.75. The summed E-state index contributed by atoms with van der Waals surface area (Å²) < 4.78 is 2.22. The zero-order valence-electron chi connectivity index (χ0n) is 15.2. The second-order valence-electron chi connectivity index (χ2n) is 6.60. The summed E-state index contributed by atoms with van der Waals surface area (Å²) in [6, 6.07) is 25.8. The quantitative estimate of drug-likeness (QED) is 0.579. The minimum atomic E-state index is -0.0554. The van der Waals surface area contributed by atoms with Crippen LogP contribution in [-0.2, 0) is 13.1 Å². The summed E-state index contributed by atoms with van der Waals surface area (Å²) in [5, 5.41) is 2.96. The molecule has 4 nitrogen and oxygen atoms in total. The van der Waals surface area contributed by atoms with E-state index in [0.717, 1.165) is 29.0 Å². The van der Waals surface area contributed by atoms with Gasteiger partial charge in [0, 0.05) is 18.7 Å². The Bertz CT molecular complexity index is 1070. The van der Waals surface area contributed by atoms with E-state index in [4.69, 9.17) is 0 Å². The molecule has 1 amide bonds. The van der Waals surface area contributed by atoms with E-state index in [2.05, 4.69) is 45.2 Å². The Hall–Kier alpha value is -3.40. The molecule has 0 radical (unpaired) electrons. The fraction of sp³-hybridized carbons (Fsp3) is 0.130. The lowest BCUT2D eigenvalue weighted by Crippen LogP contribution is -2.22. The van der Waals surface area contributed by atoms with Crippen LogP contribution in [0.2, 0.25) is 0 Å². The van der Waals surface area contributed by atoms with Crippen molar-refractivity contribution >= 4 is 16.9 Å². The van der Waals surface area contributed by atoms with Crippen molar-refractivity contribution < 1.29 is 4.79 Å². The van der Waals surface area contributed by atoms with Gasteiger partial charge in [-0.3, -0.25) is 4.79 Å². The van der Waals surface area contributed by atoms with Crippen molar-refractivity contribution in [3.05, 3.63) is 101 Å². The van der Waals surface area contributed by atoms with Gasteiger partial charge < -0.3 is 9.88 Å². The van der Waals surface area contributed by atoms with Gasteiger partial charge in [0.2, 0.25) is 0 Å². The molecule has 0 aliphatic rings. The molecule has 4 rings (SSSR count). The molecule has 0 bridgehead atoms. The van der Waals surface area contributed by atoms with Crippen LogP contribution in [0.25, 0.3) is 11.0 Å². The van der Waals surface area contributed by atoms with E-state index in [9.17, 15) is 4.79 Å². The van der Waals surface area contributed by atoms with E-state index < -0.39 is 0 Å².